The van der Waals surface area contributed by atoms with Crippen LogP contribution in [0.4, 0.5) is 0 Å². The third-order valence-corrected chi connectivity index (χ3v) is 3.98. The standard InChI is InChI=1S/C15H13BrClN3/c1-9-7-8-12-15(18-9)20(14(19-12)10(2)17)13-6-4-3-5-11(13)16/h3-8,10H,1-2H3. The molecule has 20 heavy (non-hydrogen) atoms. The Labute approximate surface area is 130 Å². The average Bonchev–Trinajstić information content (AvgIpc) is 2.78. The molecule has 1 unspecified atom stereocenters. The first-order valence-corrected chi connectivity index (χ1v) is 7.56. The summed E-state index contributed by atoms with van der Waals surface area (Å²) in [6, 6.07) is 11.9. The van der Waals surface area contributed by atoms with E-state index in [1.807, 2.05) is 54.8 Å². The first-order chi connectivity index (χ1) is 9.58. The van der Waals surface area contributed by atoms with Gasteiger partial charge in [0.15, 0.2) is 5.65 Å². The SMILES string of the molecule is Cc1ccc2nc(C(C)Cl)n(-c3ccccc3Br)c2n1. The quantitative estimate of drug-likeness (QED) is 0.622. The molecule has 0 aliphatic heterocycles. The Kier molecular flexibility index (Phi) is 3.52. The molecule has 2 heterocycles. The number of imidazole rings is 1. The van der Waals surface area contributed by atoms with E-state index in [0.717, 1.165) is 32.8 Å². The van der Waals surface area contributed by atoms with Crippen LogP contribution in [0, 0.1) is 6.92 Å². The van der Waals surface area contributed by atoms with Crippen LogP contribution in [0.25, 0.3) is 16.9 Å². The summed E-state index contributed by atoms with van der Waals surface area (Å²) >= 11 is 9.88. The Hall–Kier alpha value is -1.39. The maximum atomic E-state index is 6.30. The van der Waals surface area contributed by atoms with Gasteiger partial charge in [0.1, 0.15) is 11.3 Å². The van der Waals surface area contributed by atoms with E-state index < -0.39 is 0 Å². The van der Waals surface area contributed by atoms with Crippen LogP contribution >= 0.6 is 27.5 Å². The van der Waals surface area contributed by atoms with Gasteiger partial charge in [-0.15, -0.1) is 11.6 Å². The second-order valence-electron chi connectivity index (χ2n) is 4.67. The highest BCUT2D eigenvalue weighted by molar-refractivity contribution is 9.10. The fourth-order valence-corrected chi connectivity index (χ4v) is 2.82. The zero-order chi connectivity index (χ0) is 14.3. The molecule has 0 aliphatic carbocycles. The van der Waals surface area contributed by atoms with Crippen LogP contribution in [0.3, 0.4) is 0 Å². The molecule has 0 aliphatic rings. The summed E-state index contributed by atoms with van der Waals surface area (Å²) in [6.45, 7) is 3.89. The van der Waals surface area contributed by atoms with Gasteiger partial charge >= 0.3 is 0 Å². The normalized spacial score (nSPS) is 12.8. The fraction of sp³-hybridized carbons (Fsp3) is 0.200. The number of nitrogens with zero attached hydrogens (tertiary/aromatic N) is 3. The molecule has 102 valence electrons. The lowest BCUT2D eigenvalue weighted by Crippen LogP contribution is -2.03. The summed E-state index contributed by atoms with van der Waals surface area (Å²) in [6.07, 6.45) is 0. The number of rotatable bonds is 2. The van der Waals surface area contributed by atoms with Gasteiger partial charge in [-0.1, -0.05) is 12.1 Å². The van der Waals surface area contributed by atoms with Gasteiger partial charge in [-0.2, -0.15) is 0 Å². The molecule has 0 spiro atoms. The molecule has 2 aromatic heterocycles. The van der Waals surface area contributed by atoms with Crippen molar-refractivity contribution in [3.63, 3.8) is 0 Å². The number of pyridine rings is 1. The van der Waals surface area contributed by atoms with E-state index in [1.165, 1.54) is 0 Å². The Morgan fingerprint density at radius 1 is 1.15 bits per heavy atom. The Morgan fingerprint density at radius 2 is 1.90 bits per heavy atom. The van der Waals surface area contributed by atoms with Crippen LogP contribution in [0.5, 0.6) is 0 Å². The Balaban J connectivity index is 2.40. The number of para-hydroxylation sites is 1. The molecule has 1 atom stereocenters. The molecule has 0 N–H and O–H groups in total. The van der Waals surface area contributed by atoms with Gasteiger partial charge in [-0.25, -0.2) is 9.97 Å². The van der Waals surface area contributed by atoms with Crippen molar-refractivity contribution in [2.75, 3.05) is 0 Å². The van der Waals surface area contributed by atoms with Crippen molar-refractivity contribution in [2.45, 2.75) is 19.2 Å². The van der Waals surface area contributed by atoms with E-state index in [9.17, 15) is 0 Å². The molecule has 0 bridgehead atoms. The summed E-state index contributed by atoms with van der Waals surface area (Å²) in [5.74, 6) is 0.798. The number of alkyl halides is 1. The summed E-state index contributed by atoms with van der Waals surface area (Å²) in [4.78, 5) is 9.24. The first kappa shape index (κ1) is 13.6. The number of halogens is 2. The third-order valence-electron chi connectivity index (χ3n) is 3.12. The van der Waals surface area contributed by atoms with E-state index >= 15 is 0 Å². The van der Waals surface area contributed by atoms with Crippen LogP contribution in [0.15, 0.2) is 40.9 Å². The largest absolute Gasteiger partial charge is 0.278 e. The topological polar surface area (TPSA) is 30.7 Å². The lowest BCUT2D eigenvalue weighted by Gasteiger charge is -2.11. The molecule has 0 radical (unpaired) electrons. The monoisotopic (exact) mass is 349 g/mol. The van der Waals surface area contributed by atoms with Crippen molar-refractivity contribution in [3.05, 3.63) is 52.4 Å². The lowest BCUT2D eigenvalue weighted by molar-refractivity contribution is 0.873. The highest BCUT2D eigenvalue weighted by Crippen LogP contribution is 2.30. The predicted molar refractivity (Wildman–Crippen MR) is 85.6 cm³/mol. The lowest BCUT2D eigenvalue weighted by atomic mass is 10.3. The number of aromatic nitrogens is 3. The van der Waals surface area contributed by atoms with Crippen LogP contribution in [-0.2, 0) is 0 Å². The molecule has 3 aromatic rings. The van der Waals surface area contributed by atoms with E-state index in [1.54, 1.807) is 0 Å². The fourth-order valence-electron chi connectivity index (χ4n) is 2.21. The van der Waals surface area contributed by atoms with Crippen LogP contribution in [0.1, 0.15) is 23.8 Å². The molecule has 0 saturated carbocycles. The average molecular weight is 351 g/mol. The van der Waals surface area contributed by atoms with Gasteiger partial charge in [0.25, 0.3) is 0 Å². The van der Waals surface area contributed by atoms with Gasteiger partial charge < -0.3 is 0 Å². The number of fused-ring (bicyclic) bond motifs is 1. The van der Waals surface area contributed by atoms with Crippen molar-refractivity contribution in [1.82, 2.24) is 14.5 Å². The summed E-state index contributed by atoms with van der Waals surface area (Å²) < 4.78 is 3.01. The van der Waals surface area contributed by atoms with Gasteiger partial charge in [0.05, 0.1) is 11.1 Å². The van der Waals surface area contributed by atoms with Crippen molar-refractivity contribution >= 4 is 38.7 Å². The van der Waals surface area contributed by atoms with E-state index in [-0.39, 0.29) is 5.38 Å². The maximum Gasteiger partial charge on any atom is 0.165 e. The second-order valence-corrected chi connectivity index (χ2v) is 6.18. The maximum absolute atomic E-state index is 6.30. The summed E-state index contributed by atoms with van der Waals surface area (Å²) in [5, 5.41) is -0.198. The molecule has 0 fully saturated rings. The molecular formula is C15H13BrClN3. The highest BCUT2D eigenvalue weighted by Gasteiger charge is 2.18. The zero-order valence-electron chi connectivity index (χ0n) is 11.1. The first-order valence-electron chi connectivity index (χ1n) is 6.33. The van der Waals surface area contributed by atoms with Gasteiger partial charge in [0.2, 0.25) is 0 Å². The summed E-state index contributed by atoms with van der Waals surface area (Å²) in [5.41, 5.74) is 3.64. The minimum Gasteiger partial charge on any atom is -0.278 e. The molecule has 1 aromatic carbocycles. The van der Waals surface area contributed by atoms with Crippen LogP contribution < -0.4 is 0 Å². The molecule has 3 nitrogen and oxygen atoms in total. The number of benzene rings is 1. The molecule has 0 saturated heterocycles. The predicted octanol–water partition coefficient (Wildman–Crippen LogP) is 4.79. The van der Waals surface area contributed by atoms with E-state index in [4.69, 9.17) is 11.6 Å². The van der Waals surface area contributed by atoms with Crippen LogP contribution in [0.2, 0.25) is 0 Å². The highest BCUT2D eigenvalue weighted by atomic mass is 79.9. The minimum absolute atomic E-state index is 0.198. The second kappa shape index (κ2) is 5.19. The summed E-state index contributed by atoms with van der Waals surface area (Å²) in [7, 11) is 0. The third kappa shape index (κ3) is 2.23. The minimum atomic E-state index is -0.198. The Bertz CT molecular complexity index is 780. The van der Waals surface area contributed by atoms with E-state index in [2.05, 4.69) is 25.9 Å². The molecule has 3 rings (SSSR count). The molecule has 0 amide bonds. The van der Waals surface area contributed by atoms with E-state index in [0.29, 0.717) is 0 Å². The van der Waals surface area contributed by atoms with Crippen molar-refractivity contribution in [2.24, 2.45) is 0 Å². The Morgan fingerprint density at radius 3 is 2.60 bits per heavy atom. The number of hydrogen-bond acceptors (Lipinski definition) is 2. The van der Waals surface area contributed by atoms with Crippen molar-refractivity contribution in [1.29, 1.82) is 0 Å². The molecule has 5 heteroatoms. The van der Waals surface area contributed by atoms with Gasteiger partial charge in [-0.05, 0) is 54.0 Å². The number of hydrogen-bond donors (Lipinski definition) is 0. The van der Waals surface area contributed by atoms with Gasteiger partial charge in [-0.3, -0.25) is 4.57 Å². The number of aryl methyl sites for hydroxylation is 1. The zero-order valence-corrected chi connectivity index (χ0v) is 13.5. The molecular weight excluding hydrogens is 338 g/mol. The van der Waals surface area contributed by atoms with Crippen molar-refractivity contribution < 1.29 is 0 Å². The smallest absolute Gasteiger partial charge is 0.165 e. The van der Waals surface area contributed by atoms with Gasteiger partial charge in [0, 0.05) is 10.2 Å². The van der Waals surface area contributed by atoms with Crippen molar-refractivity contribution in [3.8, 4) is 5.69 Å². The van der Waals surface area contributed by atoms with Crippen LogP contribution in [-0.4, -0.2) is 14.5 Å².